The van der Waals surface area contributed by atoms with Crippen LogP contribution in [0.3, 0.4) is 0 Å². The summed E-state index contributed by atoms with van der Waals surface area (Å²) in [5.41, 5.74) is 2.48. The quantitative estimate of drug-likeness (QED) is 0.809. The van der Waals surface area contributed by atoms with Crippen molar-refractivity contribution in [1.29, 1.82) is 0 Å². The van der Waals surface area contributed by atoms with Crippen LogP contribution in [0.5, 0.6) is 0 Å². The van der Waals surface area contributed by atoms with Crippen LogP contribution in [0.4, 0.5) is 0 Å². The number of piperazine rings is 1. The summed E-state index contributed by atoms with van der Waals surface area (Å²) in [7, 11) is 0. The summed E-state index contributed by atoms with van der Waals surface area (Å²) in [6.45, 7) is 3.10. The number of nitrogens with zero attached hydrogens (tertiary/aromatic N) is 2. The maximum absolute atomic E-state index is 4.05. The van der Waals surface area contributed by atoms with Crippen LogP contribution < -0.4 is 10.6 Å². The van der Waals surface area contributed by atoms with Crippen molar-refractivity contribution in [3.05, 3.63) is 48.5 Å². The Hall–Kier alpha value is -1.65. The van der Waals surface area contributed by atoms with E-state index < -0.39 is 0 Å². The van der Waals surface area contributed by atoms with Gasteiger partial charge >= 0.3 is 0 Å². The summed E-state index contributed by atoms with van der Waals surface area (Å²) in [6.07, 6.45) is 5.56. The van der Waals surface area contributed by atoms with Gasteiger partial charge in [0.05, 0.1) is 6.33 Å². The molecule has 1 saturated heterocycles. The second kappa shape index (κ2) is 4.69. The van der Waals surface area contributed by atoms with Gasteiger partial charge in [-0.25, -0.2) is 4.98 Å². The van der Waals surface area contributed by atoms with Crippen molar-refractivity contribution in [3.8, 4) is 5.69 Å². The molecule has 17 heavy (non-hydrogen) atoms. The molecule has 0 radical (unpaired) electrons. The molecule has 2 aromatic rings. The van der Waals surface area contributed by atoms with Gasteiger partial charge in [0.15, 0.2) is 0 Å². The zero-order valence-electron chi connectivity index (χ0n) is 9.63. The van der Waals surface area contributed by atoms with Gasteiger partial charge in [-0.1, -0.05) is 12.1 Å². The first kappa shape index (κ1) is 10.5. The van der Waals surface area contributed by atoms with E-state index in [1.165, 1.54) is 5.56 Å². The summed E-state index contributed by atoms with van der Waals surface area (Å²) < 4.78 is 2.01. The summed E-state index contributed by atoms with van der Waals surface area (Å²) >= 11 is 0. The maximum atomic E-state index is 4.05. The lowest BCUT2D eigenvalue weighted by atomic mass is 10.1. The lowest BCUT2D eigenvalue weighted by molar-refractivity contribution is 0.430. The first-order valence-electron chi connectivity index (χ1n) is 5.96. The summed E-state index contributed by atoms with van der Waals surface area (Å²) in [5, 5.41) is 6.91. The Labute approximate surface area is 101 Å². The van der Waals surface area contributed by atoms with Crippen molar-refractivity contribution in [2.24, 2.45) is 0 Å². The molecule has 2 N–H and O–H groups in total. The Bertz CT molecular complexity index is 455. The fourth-order valence-electron chi connectivity index (χ4n) is 2.18. The Morgan fingerprint density at radius 1 is 1.18 bits per heavy atom. The lowest BCUT2D eigenvalue weighted by Gasteiger charge is -2.25. The Morgan fingerprint density at radius 2 is 2.06 bits per heavy atom. The minimum atomic E-state index is 0.431. The van der Waals surface area contributed by atoms with Gasteiger partial charge in [0.1, 0.15) is 0 Å². The van der Waals surface area contributed by atoms with E-state index in [0.29, 0.717) is 6.04 Å². The third-order valence-corrected chi connectivity index (χ3v) is 3.14. The van der Waals surface area contributed by atoms with Crippen LogP contribution in [0.2, 0.25) is 0 Å². The molecule has 4 heteroatoms. The van der Waals surface area contributed by atoms with Crippen molar-refractivity contribution >= 4 is 0 Å². The lowest BCUT2D eigenvalue weighted by Crippen LogP contribution is -2.42. The molecule has 88 valence electrons. The monoisotopic (exact) mass is 228 g/mol. The molecule has 3 rings (SSSR count). The van der Waals surface area contributed by atoms with Gasteiger partial charge < -0.3 is 15.2 Å². The molecular formula is C13H16N4. The van der Waals surface area contributed by atoms with E-state index in [9.17, 15) is 0 Å². The third-order valence-electron chi connectivity index (χ3n) is 3.14. The van der Waals surface area contributed by atoms with E-state index >= 15 is 0 Å². The number of hydrogen-bond donors (Lipinski definition) is 2. The van der Waals surface area contributed by atoms with Crippen molar-refractivity contribution in [2.45, 2.75) is 6.04 Å². The molecule has 1 aromatic carbocycles. The van der Waals surface area contributed by atoms with Crippen LogP contribution >= 0.6 is 0 Å². The number of rotatable bonds is 2. The summed E-state index contributed by atoms with van der Waals surface area (Å²) in [6, 6.07) is 9.06. The van der Waals surface area contributed by atoms with Gasteiger partial charge in [0.2, 0.25) is 0 Å². The average Bonchev–Trinajstić information content (AvgIpc) is 2.94. The predicted octanol–water partition coefficient (Wildman–Crippen LogP) is 1.11. The zero-order chi connectivity index (χ0) is 11.5. The fraction of sp³-hybridized carbons (Fsp3) is 0.308. The Kier molecular flexibility index (Phi) is 2.90. The first-order chi connectivity index (χ1) is 8.43. The number of hydrogen-bond acceptors (Lipinski definition) is 3. The molecule has 0 unspecified atom stereocenters. The molecule has 1 fully saturated rings. The molecule has 1 atom stereocenters. The minimum absolute atomic E-state index is 0.431. The first-order valence-corrected chi connectivity index (χ1v) is 5.96. The fourth-order valence-corrected chi connectivity index (χ4v) is 2.18. The highest BCUT2D eigenvalue weighted by Gasteiger charge is 2.13. The van der Waals surface area contributed by atoms with Crippen LogP contribution in [0.25, 0.3) is 5.69 Å². The van der Waals surface area contributed by atoms with E-state index in [1.54, 1.807) is 6.20 Å². The van der Waals surface area contributed by atoms with Crippen LogP contribution in [0.15, 0.2) is 43.0 Å². The van der Waals surface area contributed by atoms with Crippen molar-refractivity contribution in [1.82, 2.24) is 20.2 Å². The van der Waals surface area contributed by atoms with Crippen molar-refractivity contribution in [2.75, 3.05) is 19.6 Å². The van der Waals surface area contributed by atoms with Gasteiger partial charge in [-0.3, -0.25) is 0 Å². The molecular weight excluding hydrogens is 212 g/mol. The van der Waals surface area contributed by atoms with E-state index in [0.717, 1.165) is 25.3 Å². The third kappa shape index (κ3) is 2.23. The van der Waals surface area contributed by atoms with Crippen LogP contribution in [-0.4, -0.2) is 29.2 Å². The van der Waals surface area contributed by atoms with Crippen LogP contribution in [0.1, 0.15) is 11.6 Å². The number of imidazole rings is 1. The van der Waals surface area contributed by atoms with Gasteiger partial charge in [-0.05, 0) is 17.7 Å². The molecule has 0 amide bonds. The van der Waals surface area contributed by atoms with Gasteiger partial charge in [0.25, 0.3) is 0 Å². The van der Waals surface area contributed by atoms with Gasteiger partial charge in [0, 0.05) is 43.8 Å². The maximum Gasteiger partial charge on any atom is 0.0991 e. The molecule has 0 bridgehead atoms. The highest BCUT2D eigenvalue weighted by Crippen LogP contribution is 2.16. The highest BCUT2D eigenvalue weighted by atomic mass is 15.1. The normalized spacial score (nSPS) is 20.4. The predicted molar refractivity (Wildman–Crippen MR) is 67.2 cm³/mol. The molecule has 1 aliphatic heterocycles. The standard InChI is InChI=1S/C13H16N4/c1-3-12(17-8-7-15-10-17)4-2-11(1)13-9-14-5-6-16-13/h1-4,7-8,10,13-14,16H,5-6,9H2/t13-/m1/s1. The SMILES string of the molecule is c1cn(-c2ccc([C@H]3CNCCN3)cc2)cn1. The van der Waals surface area contributed by atoms with E-state index in [4.69, 9.17) is 0 Å². The molecule has 0 saturated carbocycles. The van der Waals surface area contributed by atoms with Gasteiger partial charge in [-0.2, -0.15) is 0 Å². The van der Waals surface area contributed by atoms with Crippen LogP contribution in [-0.2, 0) is 0 Å². The molecule has 1 aliphatic rings. The second-order valence-electron chi connectivity index (χ2n) is 4.27. The number of aromatic nitrogens is 2. The number of benzene rings is 1. The Morgan fingerprint density at radius 3 is 2.71 bits per heavy atom. The van der Waals surface area contributed by atoms with E-state index in [1.807, 2.05) is 17.1 Å². The Balaban J connectivity index is 1.80. The smallest absolute Gasteiger partial charge is 0.0991 e. The summed E-state index contributed by atoms with van der Waals surface area (Å²) in [5.74, 6) is 0. The van der Waals surface area contributed by atoms with E-state index in [2.05, 4.69) is 39.9 Å². The topological polar surface area (TPSA) is 41.9 Å². The second-order valence-corrected chi connectivity index (χ2v) is 4.27. The van der Waals surface area contributed by atoms with Crippen molar-refractivity contribution < 1.29 is 0 Å². The molecule has 0 spiro atoms. The average molecular weight is 228 g/mol. The zero-order valence-corrected chi connectivity index (χ0v) is 9.63. The largest absolute Gasteiger partial charge is 0.314 e. The molecule has 0 aliphatic carbocycles. The summed E-state index contributed by atoms with van der Waals surface area (Å²) in [4.78, 5) is 4.05. The van der Waals surface area contributed by atoms with Crippen molar-refractivity contribution in [3.63, 3.8) is 0 Å². The van der Waals surface area contributed by atoms with E-state index in [-0.39, 0.29) is 0 Å². The molecule has 2 heterocycles. The highest BCUT2D eigenvalue weighted by molar-refractivity contribution is 5.35. The molecule has 1 aromatic heterocycles. The number of nitrogens with one attached hydrogen (secondary N) is 2. The van der Waals surface area contributed by atoms with Crippen LogP contribution in [0, 0.1) is 0 Å². The van der Waals surface area contributed by atoms with Gasteiger partial charge in [-0.15, -0.1) is 0 Å². The minimum Gasteiger partial charge on any atom is -0.314 e. The molecule has 4 nitrogen and oxygen atoms in total.